The van der Waals surface area contributed by atoms with E-state index in [0.717, 1.165) is 64.9 Å². The fraction of sp³-hybridized carbons (Fsp3) is 0.276. The number of hydrogen-bond acceptors (Lipinski definition) is 5. The number of tetrazole rings is 1. The first-order valence-electron chi connectivity index (χ1n) is 12.8. The second kappa shape index (κ2) is 10.7. The molecule has 1 N–H and O–H groups in total. The molecule has 3 aromatic heterocycles. The zero-order valence-corrected chi connectivity index (χ0v) is 21.5. The average Bonchev–Trinajstić information content (AvgIpc) is 3.57. The Kier molecular flexibility index (Phi) is 7.07. The zero-order chi connectivity index (χ0) is 25.8. The Balaban J connectivity index is 1.50. The van der Waals surface area contributed by atoms with Crippen LogP contribution in [-0.4, -0.2) is 34.7 Å². The molecule has 188 valence electrons. The van der Waals surface area contributed by atoms with Crippen molar-refractivity contribution in [2.45, 2.75) is 53.0 Å². The lowest BCUT2D eigenvalue weighted by molar-refractivity contribution is 0.673. The van der Waals surface area contributed by atoms with E-state index in [0.29, 0.717) is 12.4 Å². The van der Waals surface area contributed by atoms with Gasteiger partial charge in [0.2, 0.25) is 5.82 Å². The Morgan fingerprint density at radius 1 is 1.00 bits per heavy atom. The Hall–Kier alpha value is -4.33. The van der Waals surface area contributed by atoms with Crippen molar-refractivity contribution in [2.75, 3.05) is 0 Å². The molecule has 8 nitrogen and oxygen atoms in total. The van der Waals surface area contributed by atoms with Crippen molar-refractivity contribution in [1.82, 2.24) is 34.7 Å². The van der Waals surface area contributed by atoms with E-state index < -0.39 is 0 Å². The van der Waals surface area contributed by atoms with Gasteiger partial charge in [-0.1, -0.05) is 62.7 Å². The van der Waals surface area contributed by atoms with E-state index >= 15 is 0 Å². The summed E-state index contributed by atoms with van der Waals surface area (Å²) in [5.41, 5.74) is 8.24. The highest BCUT2D eigenvalue weighted by atomic mass is 16.1. The summed E-state index contributed by atoms with van der Waals surface area (Å²) in [4.78, 5) is 18.0. The third-order valence-electron chi connectivity index (χ3n) is 6.80. The molecule has 0 spiro atoms. The van der Waals surface area contributed by atoms with Crippen LogP contribution in [0.4, 0.5) is 0 Å². The predicted molar refractivity (Wildman–Crippen MR) is 145 cm³/mol. The second-order valence-electron chi connectivity index (χ2n) is 9.25. The van der Waals surface area contributed by atoms with Gasteiger partial charge in [0, 0.05) is 29.8 Å². The van der Waals surface area contributed by atoms with Crippen LogP contribution >= 0.6 is 0 Å². The van der Waals surface area contributed by atoms with Crippen molar-refractivity contribution in [3.8, 4) is 28.2 Å². The highest BCUT2D eigenvalue weighted by Gasteiger charge is 2.17. The SMILES string of the molecule is CCCCc1cn(-c2c(C)cccc2CC)c(=O)n1Cc1ccc(-c2ccncc2-c2nn[nH]n2)cc1. The maximum atomic E-state index is 13.7. The number of unbranched alkanes of at least 4 members (excludes halogenated alkanes) is 1. The molecule has 0 radical (unpaired) electrons. The third-order valence-corrected chi connectivity index (χ3v) is 6.80. The summed E-state index contributed by atoms with van der Waals surface area (Å²) in [6.45, 7) is 6.90. The molecular weight excluding hydrogens is 462 g/mol. The van der Waals surface area contributed by atoms with Gasteiger partial charge >= 0.3 is 5.69 Å². The van der Waals surface area contributed by atoms with E-state index in [4.69, 9.17) is 0 Å². The number of H-pyrrole nitrogens is 1. The van der Waals surface area contributed by atoms with Gasteiger partial charge in [0.15, 0.2) is 0 Å². The number of para-hydroxylation sites is 1. The molecule has 0 bridgehead atoms. The van der Waals surface area contributed by atoms with Crippen molar-refractivity contribution in [3.05, 3.63) is 100.0 Å². The maximum Gasteiger partial charge on any atom is 0.333 e. The van der Waals surface area contributed by atoms with E-state index in [1.165, 1.54) is 5.56 Å². The smallest absolute Gasteiger partial charge is 0.292 e. The lowest BCUT2D eigenvalue weighted by Crippen LogP contribution is -2.25. The molecular formula is C29H31N7O. The molecule has 0 fully saturated rings. The minimum absolute atomic E-state index is 0.00714. The summed E-state index contributed by atoms with van der Waals surface area (Å²) in [6, 6.07) is 16.5. The highest BCUT2D eigenvalue weighted by molar-refractivity contribution is 5.79. The molecule has 0 unspecified atom stereocenters. The number of pyridine rings is 1. The number of nitrogens with zero attached hydrogens (tertiary/aromatic N) is 6. The fourth-order valence-electron chi connectivity index (χ4n) is 4.84. The van der Waals surface area contributed by atoms with Gasteiger partial charge in [0.1, 0.15) is 0 Å². The van der Waals surface area contributed by atoms with Gasteiger partial charge < -0.3 is 0 Å². The van der Waals surface area contributed by atoms with Crippen molar-refractivity contribution in [3.63, 3.8) is 0 Å². The number of hydrogen-bond donors (Lipinski definition) is 1. The summed E-state index contributed by atoms with van der Waals surface area (Å²) < 4.78 is 3.77. The molecule has 0 atom stereocenters. The Labute approximate surface area is 216 Å². The monoisotopic (exact) mass is 493 g/mol. The Morgan fingerprint density at radius 3 is 2.57 bits per heavy atom. The van der Waals surface area contributed by atoms with Crippen LogP contribution in [-0.2, 0) is 19.4 Å². The lowest BCUT2D eigenvalue weighted by atomic mass is 10.00. The molecule has 0 saturated heterocycles. The molecule has 0 aliphatic rings. The molecule has 5 aromatic rings. The number of aromatic nitrogens is 7. The van der Waals surface area contributed by atoms with Crippen LogP contribution in [0.1, 0.15) is 49.1 Å². The van der Waals surface area contributed by atoms with Crippen molar-refractivity contribution in [1.29, 1.82) is 0 Å². The van der Waals surface area contributed by atoms with E-state index in [-0.39, 0.29) is 5.69 Å². The highest BCUT2D eigenvalue weighted by Crippen LogP contribution is 2.29. The van der Waals surface area contributed by atoms with Gasteiger partial charge in [-0.25, -0.2) is 4.79 Å². The Bertz CT molecular complexity index is 1550. The van der Waals surface area contributed by atoms with Gasteiger partial charge in [-0.2, -0.15) is 5.21 Å². The van der Waals surface area contributed by atoms with Gasteiger partial charge in [-0.05, 0) is 65.3 Å². The average molecular weight is 494 g/mol. The summed E-state index contributed by atoms with van der Waals surface area (Å²) in [5, 5.41) is 14.4. The number of benzene rings is 2. The van der Waals surface area contributed by atoms with E-state index in [2.05, 4.69) is 88.8 Å². The second-order valence-corrected chi connectivity index (χ2v) is 9.25. The third kappa shape index (κ3) is 4.87. The molecule has 0 saturated carbocycles. The normalized spacial score (nSPS) is 11.2. The summed E-state index contributed by atoms with van der Waals surface area (Å²) in [7, 11) is 0. The van der Waals surface area contributed by atoms with Crippen LogP contribution in [0, 0.1) is 6.92 Å². The molecule has 5 rings (SSSR count). The molecule has 2 aromatic carbocycles. The van der Waals surface area contributed by atoms with Crippen LogP contribution < -0.4 is 5.69 Å². The molecule has 0 aliphatic heterocycles. The topological polar surface area (TPSA) is 94.3 Å². The van der Waals surface area contributed by atoms with Crippen molar-refractivity contribution < 1.29 is 0 Å². The van der Waals surface area contributed by atoms with Gasteiger partial charge in [0.25, 0.3) is 0 Å². The maximum absolute atomic E-state index is 13.7. The van der Waals surface area contributed by atoms with Crippen LogP contribution in [0.3, 0.4) is 0 Å². The number of imidazole rings is 1. The fourth-order valence-corrected chi connectivity index (χ4v) is 4.84. The van der Waals surface area contributed by atoms with Gasteiger partial charge in [-0.15, -0.1) is 10.2 Å². The Morgan fingerprint density at radius 2 is 1.84 bits per heavy atom. The predicted octanol–water partition coefficient (Wildman–Crippen LogP) is 5.14. The first-order valence-corrected chi connectivity index (χ1v) is 12.8. The number of aromatic amines is 1. The number of aryl methyl sites for hydroxylation is 3. The van der Waals surface area contributed by atoms with E-state index in [1.54, 1.807) is 12.4 Å². The number of rotatable bonds is 9. The van der Waals surface area contributed by atoms with E-state index in [1.807, 2.05) is 21.4 Å². The largest absolute Gasteiger partial charge is 0.333 e. The number of nitrogens with one attached hydrogen (secondary N) is 1. The zero-order valence-electron chi connectivity index (χ0n) is 21.5. The van der Waals surface area contributed by atoms with Crippen LogP contribution in [0.2, 0.25) is 0 Å². The summed E-state index contributed by atoms with van der Waals surface area (Å²) in [6.07, 6.45) is 9.40. The first kappa shape index (κ1) is 24.4. The van der Waals surface area contributed by atoms with Crippen molar-refractivity contribution in [2.24, 2.45) is 0 Å². The molecule has 0 aliphatic carbocycles. The van der Waals surface area contributed by atoms with Crippen LogP contribution in [0.15, 0.2) is 71.9 Å². The minimum atomic E-state index is 0.00714. The molecule has 3 heterocycles. The lowest BCUT2D eigenvalue weighted by Gasteiger charge is -2.11. The summed E-state index contributed by atoms with van der Waals surface area (Å²) in [5.74, 6) is 0.503. The van der Waals surface area contributed by atoms with Crippen LogP contribution in [0.25, 0.3) is 28.2 Å². The van der Waals surface area contributed by atoms with Gasteiger partial charge in [0.05, 0.1) is 12.2 Å². The minimum Gasteiger partial charge on any atom is -0.292 e. The molecule has 8 heteroatoms. The quantitative estimate of drug-likeness (QED) is 0.307. The molecule has 37 heavy (non-hydrogen) atoms. The summed E-state index contributed by atoms with van der Waals surface area (Å²) >= 11 is 0. The van der Waals surface area contributed by atoms with E-state index in [9.17, 15) is 4.79 Å². The van der Waals surface area contributed by atoms with Crippen molar-refractivity contribution >= 4 is 0 Å². The first-order chi connectivity index (χ1) is 18.1. The van der Waals surface area contributed by atoms with Gasteiger partial charge in [-0.3, -0.25) is 14.1 Å². The van der Waals surface area contributed by atoms with Crippen LogP contribution in [0.5, 0.6) is 0 Å². The molecule has 0 amide bonds. The standard InChI is InChI=1S/C29H31N7O/c1-4-6-10-24-19-36(27-20(3)8-7-9-22(27)5-2)29(37)35(24)18-21-11-13-23(14-12-21)25-15-16-30-17-26(25)28-31-33-34-32-28/h7-9,11-17,19H,4-6,10,18H2,1-3H3,(H,31,32,33,34).